The zero-order valence-electron chi connectivity index (χ0n) is 11.1. The van der Waals surface area contributed by atoms with Crippen molar-refractivity contribution in [1.29, 1.82) is 0 Å². The molecular formula is C13H9ClFNO5S. The average Bonchev–Trinajstić information content (AvgIpc) is 2.43. The molecule has 116 valence electrons. The average molecular weight is 346 g/mol. The van der Waals surface area contributed by atoms with Crippen LogP contribution in [0.4, 0.5) is 10.1 Å². The summed E-state index contributed by atoms with van der Waals surface area (Å²) in [6.07, 6.45) is 0. The fourth-order valence-corrected chi connectivity index (χ4v) is 3.13. The molecule has 0 atom stereocenters. The van der Waals surface area contributed by atoms with Crippen molar-refractivity contribution in [3.8, 4) is 5.75 Å². The molecule has 0 heterocycles. The van der Waals surface area contributed by atoms with E-state index < -0.39 is 20.9 Å². The molecule has 2 rings (SSSR count). The Morgan fingerprint density at radius 2 is 1.91 bits per heavy atom. The standard InChI is InChI=1S/C13H9ClFNO5S/c1-8-2-3-9(15)6-13(8)22(19,20)21-12-5-4-10(16(17)18)7-11(12)14/h2-7H,1H3. The summed E-state index contributed by atoms with van der Waals surface area (Å²) >= 11 is 5.77. The van der Waals surface area contributed by atoms with Crippen LogP contribution in [0.5, 0.6) is 5.75 Å². The Morgan fingerprint density at radius 3 is 2.50 bits per heavy atom. The number of nitro benzene ring substituents is 1. The van der Waals surface area contributed by atoms with Crippen LogP contribution in [-0.4, -0.2) is 13.3 Å². The summed E-state index contributed by atoms with van der Waals surface area (Å²) in [5.74, 6) is -1.02. The summed E-state index contributed by atoms with van der Waals surface area (Å²) in [6.45, 7) is 1.48. The molecule has 0 saturated heterocycles. The first kappa shape index (κ1) is 16.2. The number of hydrogen-bond acceptors (Lipinski definition) is 5. The minimum atomic E-state index is -4.32. The molecule has 0 spiro atoms. The Balaban J connectivity index is 2.41. The maximum Gasteiger partial charge on any atom is 0.339 e. The summed E-state index contributed by atoms with van der Waals surface area (Å²) < 4.78 is 42.4. The van der Waals surface area contributed by atoms with Crippen LogP contribution in [0, 0.1) is 22.9 Å². The number of rotatable bonds is 4. The molecule has 0 saturated carbocycles. The molecule has 0 amide bonds. The lowest BCUT2D eigenvalue weighted by Crippen LogP contribution is -2.12. The lowest BCUT2D eigenvalue weighted by Gasteiger charge is -2.10. The van der Waals surface area contributed by atoms with Crippen molar-refractivity contribution in [3.05, 3.63) is 62.9 Å². The second-order valence-corrected chi connectivity index (χ2v) is 6.24. The van der Waals surface area contributed by atoms with E-state index in [0.29, 0.717) is 5.56 Å². The number of benzene rings is 2. The zero-order chi connectivity index (χ0) is 16.5. The number of nitrogens with zero attached hydrogens (tertiary/aromatic N) is 1. The number of halogens is 2. The van der Waals surface area contributed by atoms with Gasteiger partial charge in [-0.3, -0.25) is 10.1 Å². The fourth-order valence-electron chi connectivity index (χ4n) is 1.68. The largest absolute Gasteiger partial charge is 0.377 e. The molecule has 0 unspecified atom stereocenters. The number of non-ortho nitro benzene ring substituents is 1. The molecule has 0 fully saturated rings. The maximum absolute atomic E-state index is 13.2. The van der Waals surface area contributed by atoms with Crippen LogP contribution in [0.3, 0.4) is 0 Å². The Morgan fingerprint density at radius 1 is 1.23 bits per heavy atom. The van der Waals surface area contributed by atoms with Gasteiger partial charge >= 0.3 is 10.1 Å². The molecule has 2 aromatic carbocycles. The van der Waals surface area contributed by atoms with Crippen molar-refractivity contribution in [2.75, 3.05) is 0 Å². The van der Waals surface area contributed by atoms with E-state index in [9.17, 15) is 22.9 Å². The summed E-state index contributed by atoms with van der Waals surface area (Å²) in [5.41, 5.74) is -0.0175. The van der Waals surface area contributed by atoms with Crippen molar-refractivity contribution in [1.82, 2.24) is 0 Å². The summed E-state index contributed by atoms with van der Waals surface area (Å²) in [5, 5.41) is 10.4. The first-order valence-corrected chi connectivity index (χ1v) is 7.64. The van der Waals surface area contributed by atoms with Gasteiger partial charge in [0.1, 0.15) is 10.7 Å². The third-order valence-electron chi connectivity index (χ3n) is 2.75. The summed E-state index contributed by atoms with van der Waals surface area (Å²) in [6, 6.07) is 6.31. The molecule has 2 aromatic rings. The van der Waals surface area contributed by atoms with Gasteiger partial charge < -0.3 is 4.18 Å². The van der Waals surface area contributed by atoms with Crippen LogP contribution >= 0.6 is 11.6 Å². The highest BCUT2D eigenvalue weighted by Gasteiger charge is 2.22. The first-order chi connectivity index (χ1) is 10.2. The zero-order valence-corrected chi connectivity index (χ0v) is 12.7. The molecule has 0 N–H and O–H groups in total. The Bertz CT molecular complexity index is 854. The summed E-state index contributed by atoms with van der Waals surface area (Å²) in [7, 11) is -4.32. The molecule has 0 bridgehead atoms. The van der Waals surface area contributed by atoms with Crippen molar-refractivity contribution in [2.45, 2.75) is 11.8 Å². The monoisotopic (exact) mass is 345 g/mol. The van der Waals surface area contributed by atoms with Crippen LogP contribution < -0.4 is 4.18 Å². The van der Waals surface area contributed by atoms with Gasteiger partial charge in [0.25, 0.3) is 5.69 Å². The molecule has 6 nitrogen and oxygen atoms in total. The second-order valence-electron chi connectivity index (χ2n) is 4.32. The Kier molecular flexibility index (Phi) is 4.34. The van der Waals surface area contributed by atoms with E-state index in [2.05, 4.69) is 0 Å². The van der Waals surface area contributed by atoms with Gasteiger partial charge in [-0.15, -0.1) is 0 Å². The molecule has 0 aromatic heterocycles. The number of aryl methyl sites for hydroxylation is 1. The SMILES string of the molecule is Cc1ccc(F)cc1S(=O)(=O)Oc1ccc([N+](=O)[O-])cc1Cl. The van der Waals surface area contributed by atoms with Crippen molar-refractivity contribution in [3.63, 3.8) is 0 Å². The Labute approximate surface area is 130 Å². The topological polar surface area (TPSA) is 86.5 Å². The molecule has 0 aliphatic rings. The van der Waals surface area contributed by atoms with E-state index in [1.807, 2.05) is 0 Å². The van der Waals surface area contributed by atoms with Crippen LogP contribution in [0.25, 0.3) is 0 Å². The van der Waals surface area contributed by atoms with Gasteiger partial charge in [-0.2, -0.15) is 8.42 Å². The highest BCUT2D eigenvalue weighted by atomic mass is 35.5. The van der Waals surface area contributed by atoms with Gasteiger partial charge in [0.2, 0.25) is 0 Å². The van der Waals surface area contributed by atoms with Crippen LogP contribution in [0.2, 0.25) is 5.02 Å². The minimum Gasteiger partial charge on any atom is -0.377 e. The molecular weight excluding hydrogens is 337 g/mol. The van der Waals surface area contributed by atoms with E-state index in [1.54, 1.807) is 0 Å². The maximum atomic E-state index is 13.2. The molecule has 9 heteroatoms. The van der Waals surface area contributed by atoms with Gasteiger partial charge in [-0.1, -0.05) is 17.7 Å². The predicted molar refractivity (Wildman–Crippen MR) is 77.1 cm³/mol. The van der Waals surface area contributed by atoms with Crippen molar-refractivity contribution in [2.24, 2.45) is 0 Å². The van der Waals surface area contributed by atoms with E-state index in [4.69, 9.17) is 15.8 Å². The number of hydrogen-bond donors (Lipinski definition) is 0. The first-order valence-electron chi connectivity index (χ1n) is 5.85. The lowest BCUT2D eigenvalue weighted by molar-refractivity contribution is -0.384. The second kappa shape index (κ2) is 5.90. The molecule has 0 aliphatic heterocycles. The fraction of sp³-hybridized carbons (Fsp3) is 0.0769. The molecule has 0 radical (unpaired) electrons. The Hall–Kier alpha value is -2.19. The lowest BCUT2D eigenvalue weighted by atomic mass is 10.2. The van der Waals surface area contributed by atoms with Gasteiger partial charge in [-0.25, -0.2) is 4.39 Å². The third-order valence-corrected chi connectivity index (χ3v) is 4.42. The highest BCUT2D eigenvalue weighted by Crippen LogP contribution is 2.31. The van der Waals surface area contributed by atoms with Gasteiger partial charge in [-0.05, 0) is 30.7 Å². The van der Waals surface area contributed by atoms with Gasteiger partial charge in [0.05, 0.1) is 9.95 Å². The van der Waals surface area contributed by atoms with E-state index in [0.717, 1.165) is 30.3 Å². The van der Waals surface area contributed by atoms with Crippen molar-refractivity contribution >= 4 is 27.4 Å². The number of nitro groups is 1. The van der Waals surface area contributed by atoms with Crippen LogP contribution in [-0.2, 0) is 10.1 Å². The highest BCUT2D eigenvalue weighted by molar-refractivity contribution is 7.87. The van der Waals surface area contributed by atoms with Crippen LogP contribution in [0.1, 0.15) is 5.56 Å². The van der Waals surface area contributed by atoms with Crippen LogP contribution in [0.15, 0.2) is 41.3 Å². The summed E-state index contributed by atoms with van der Waals surface area (Å²) in [4.78, 5) is 9.57. The van der Waals surface area contributed by atoms with Gasteiger partial charge in [0.15, 0.2) is 5.75 Å². The normalized spacial score (nSPS) is 11.2. The van der Waals surface area contributed by atoms with Crippen molar-refractivity contribution < 1.29 is 21.9 Å². The smallest absolute Gasteiger partial charge is 0.339 e. The van der Waals surface area contributed by atoms with E-state index >= 15 is 0 Å². The molecule has 0 aliphatic carbocycles. The molecule has 22 heavy (non-hydrogen) atoms. The predicted octanol–water partition coefficient (Wildman–Crippen LogP) is 3.46. The van der Waals surface area contributed by atoms with E-state index in [1.165, 1.54) is 13.0 Å². The van der Waals surface area contributed by atoms with E-state index in [-0.39, 0.29) is 21.4 Å². The minimum absolute atomic E-state index is 0.244. The quantitative estimate of drug-likeness (QED) is 0.481. The third kappa shape index (κ3) is 3.34. The van der Waals surface area contributed by atoms with Gasteiger partial charge in [0, 0.05) is 12.1 Å².